The van der Waals surface area contributed by atoms with Crippen molar-refractivity contribution in [1.29, 1.82) is 0 Å². The van der Waals surface area contributed by atoms with E-state index in [4.69, 9.17) is 4.42 Å². The van der Waals surface area contributed by atoms with Crippen LogP contribution in [-0.4, -0.2) is 13.9 Å². The predicted octanol–water partition coefficient (Wildman–Crippen LogP) is 5.48. The van der Waals surface area contributed by atoms with Crippen molar-refractivity contribution >= 4 is 32.1 Å². The van der Waals surface area contributed by atoms with Crippen molar-refractivity contribution in [3.63, 3.8) is 0 Å². The van der Waals surface area contributed by atoms with Gasteiger partial charge >= 0.3 is 15.6 Å². The number of rotatable bonds is 3. The maximum Gasteiger partial charge on any atom is 0.534 e. The van der Waals surface area contributed by atoms with Gasteiger partial charge in [0, 0.05) is 22.4 Å². The number of hydrogen-bond acceptors (Lipinski definition) is 4. The van der Waals surface area contributed by atoms with E-state index in [-0.39, 0.29) is 11.1 Å². The SMILES string of the molecule is O=S(=O)(Oc1cc2oc3ccccc3c2cc1-c1ccccc1)C(F)(F)F. The van der Waals surface area contributed by atoms with Crippen LogP contribution >= 0.6 is 0 Å². The van der Waals surface area contributed by atoms with E-state index in [1.165, 1.54) is 6.07 Å². The molecule has 8 heteroatoms. The summed E-state index contributed by atoms with van der Waals surface area (Å²) in [6.07, 6.45) is 0. The molecule has 1 heterocycles. The lowest BCUT2D eigenvalue weighted by Crippen LogP contribution is -2.28. The van der Waals surface area contributed by atoms with Crippen LogP contribution in [0.5, 0.6) is 5.75 Å². The number of halogens is 3. The third kappa shape index (κ3) is 3.02. The van der Waals surface area contributed by atoms with E-state index in [0.29, 0.717) is 16.5 Å². The fraction of sp³-hybridized carbons (Fsp3) is 0.0526. The summed E-state index contributed by atoms with van der Waals surface area (Å²) >= 11 is 0. The molecule has 4 nitrogen and oxygen atoms in total. The highest BCUT2D eigenvalue weighted by Gasteiger charge is 2.48. The van der Waals surface area contributed by atoms with E-state index < -0.39 is 21.4 Å². The monoisotopic (exact) mass is 392 g/mol. The molecule has 0 amide bonds. The number of alkyl halides is 3. The fourth-order valence-corrected chi connectivity index (χ4v) is 3.30. The van der Waals surface area contributed by atoms with Gasteiger partial charge in [-0.15, -0.1) is 0 Å². The number of fused-ring (bicyclic) bond motifs is 3. The van der Waals surface area contributed by atoms with Crippen molar-refractivity contribution in [2.75, 3.05) is 0 Å². The highest BCUT2D eigenvalue weighted by atomic mass is 32.2. The van der Waals surface area contributed by atoms with Gasteiger partial charge in [0.15, 0.2) is 5.75 Å². The second-order valence-electron chi connectivity index (χ2n) is 5.79. The van der Waals surface area contributed by atoms with Gasteiger partial charge in [0.1, 0.15) is 11.2 Å². The average Bonchev–Trinajstić information content (AvgIpc) is 2.98. The molecule has 3 aromatic carbocycles. The third-order valence-electron chi connectivity index (χ3n) is 4.05. The van der Waals surface area contributed by atoms with Crippen LogP contribution in [0, 0.1) is 0 Å². The Morgan fingerprint density at radius 1 is 0.815 bits per heavy atom. The maximum absolute atomic E-state index is 12.8. The predicted molar refractivity (Wildman–Crippen MR) is 94.8 cm³/mol. The minimum atomic E-state index is -5.82. The zero-order valence-corrected chi connectivity index (χ0v) is 14.3. The Balaban J connectivity index is 2.00. The normalized spacial score (nSPS) is 12.6. The molecular weight excluding hydrogens is 381 g/mol. The van der Waals surface area contributed by atoms with Crippen LogP contribution < -0.4 is 4.18 Å². The molecule has 0 aliphatic heterocycles. The Hall–Kier alpha value is -3.00. The molecule has 0 N–H and O–H groups in total. The number of para-hydroxylation sites is 1. The quantitative estimate of drug-likeness (QED) is 0.342. The first kappa shape index (κ1) is 17.4. The minimum Gasteiger partial charge on any atom is -0.456 e. The maximum atomic E-state index is 12.8. The molecular formula is C19H11F3O4S. The van der Waals surface area contributed by atoms with Crippen LogP contribution in [0.2, 0.25) is 0 Å². The van der Waals surface area contributed by atoms with Crippen LogP contribution in [0.15, 0.2) is 71.1 Å². The average molecular weight is 392 g/mol. The second kappa shape index (κ2) is 6.02. The van der Waals surface area contributed by atoms with E-state index >= 15 is 0 Å². The lowest BCUT2D eigenvalue weighted by Gasteiger charge is -2.13. The van der Waals surface area contributed by atoms with Gasteiger partial charge in [-0.05, 0) is 17.7 Å². The topological polar surface area (TPSA) is 56.5 Å². The van der Waals surface area contributed by atoms with Gasteiger partial charge < -0.3 is 8.60 Å². The smallest absolute Gasteiger partial charge is 0.456 e. The molecule has 0 atom stereocenters. The Bertz CT molecular complexity index is 1240. The van der Waals surface area contributed by atoms with Crippen molar-refractivity contribution in [3.8, 4) is 16.9 Å². The first-order valence-electron chi connectivity index (χ1n) is 7.78. The van der Waals surface area contributed by atoms with Gasteiger partial charge in [-0.3, -0.25) is 0 Å². The summed E-state index contributed by atoms with van der Waals surface area (Å²) in [4.78, 5) is 0. The summed E-state index contributed by atoms with van der Waals surface area (Å²) in [6.45, 7) is 0. The summed E-state index contributed by atoms with van der Waals surface area (Å²) in [6, 6.07) is 18.2. The lowest BCUT2D eigenvalue weighted by molar-refractivity contribution is -0.0499. The molecule has 0 spiro atoms. The van der Waals surface area contributed by atoms with E-state index in [2.05, 4.69) is 4.18 Å². The number of hydrogen-bond donors (Lipinski definition) is 0. The molecule has 0 aliphatic rings. The first-order chi connectivity index (χ1) is 12.8. The largest absolute Gasteiger partial charge is 0.534 e. The van der Waals surface area contributed by atoms with E-state index in [9.17, 15) is 21.6 Å². The summed E-state index contributed by atoms with van der Waals surface area (Å²) in [5, 5.41) is 1.40. The van der Waals surface area contributed by atoms with Crippen molar-refractivity contribution in [3.05, 3.63) is 66.7 Å². The summed E-state index contributed by atoms with van der Waals surface area (Å²) < 4.78 is 71.5. The standard InChI is InChI=1S/C19H11F3O4S/c20-19(21,22)27(23,24)26-18-11-17-15(13-8-4-5-9-16(13)25-17)10-14(18)12-6-2-1-3-7-12/h1-11H. The third-order valence-corrected chi connectivity index (χ3v) is 5.01. The zero-order valence-electron chi connectivity index (χ0n) is 13.5. The molecule has 0 fully saturated rings. The van der Waals surface area contributed by atoms with Crippen molar-refractivity contribution in [2.24, 2.45) is 0 Å². The van der Waals surface area contributed by atoms with Gasteiger partial charge in [0.05, 0.1) is 0 Å². The van der Waals surface area contributed by atoms with E-state index in [1.807, 2.05) is 6.07 Å². The number of furan rings is 1. The van der Waals surface area contributed by atoms with E-state index in [0.717, 1.165) is 5.39 Å². The minimum absolute atomic E-state index is 0.211. The van der Waals surface area contributed by atoms with Crippen LogP contribution in [0.25, 0.3) is 33.1 Å². The van der Waals surface area contributed by atoms with Gasteiger partial charge in [0.25, 0.3) is 0 Å². The van der Waals surface area contributed by atoms with Gasteiger partial charge in [-0.2, -0.15) is 21.6 Å². The molecule has 0 aliphatic carbocycles. The van der Waals surface area contributed by atoms with Crippen LogP contribution in [-0.2, 0) is 10.1 Å². The molecule has 0 saturated carbocycles. The molecule has 0 radical (unpaired) electrons. The Labute approximate surface area is 151 Å². The summed E-state index contributed by atoms with van der Waals surface area (Å²) in [7, 11) is -5.82. The lowest BCUT2D eigenvalue weighted by atomic mass is 10.0. The van der Waals surface area contributed by atoms with E-state index in [1.54, 1.807) is 54.6 Å². The molecule has 0 saturated heterocycles. The number of benzene rings is 3. The summed E-state index contributed by atoms with van der Waals surface area (Å²) in [5.74, 6) is -0.454. The second-order valence-corrected chi connectivity index (χ2v) is 7.33. The van der Waals surface area contributed by atoms with Crippen molar-refractivity contribution in [1.82, 2.24) is 0 Å². The van der Waals surface area contributed by atoms with Crippen LogP contribution in [0.4, 0.5) is 13.2 Å². The van der Waals surface area contributed by atoms with Crippen LogP contribution in [0.1, 0.15) is 0 Å². The van der Waals surface area contributed by atoms with Gasteiger partial charge in [0.2, 0.25) is 0 Å². The van der Waals surface area contributed by atoms with Gasteiger partial charge in [-0.25, -0.2) is 0 Å². The summed E-state index contributed by atoms with van der Waals surface area (Å²) in [5.41, 5.74) is -4.06. The fourth-order valence-electron chi connectivity index (χ4n) is 2.83. The molecule has 1 aromatic heterocycles. The van der Waals surface area contributed by atoms with Crippen molar-refractivity contribution in [2.45, 2.75) is 5.51 Å². The van der Waals surface area contributed by atoms with Crippen molar-refractivity contribution < 1.29 is 30.2 Å². The molecule has 27 heavy (non-hydrogen) atoms. The first-order valence-corrected chi connectivity index (χ1v) is 9.18. The van der Waals surface area contributed by atoms with Gasteiger partial charge in [-0.1, -0.05) is 48.5 Å². The Kier molecular flexibility index (Phi) is 3.88. The highest BCUT2D eigenvalue weighted by Crippen LogP contribution is 2.40. The highest BCUT2D eigenvalue weighted by molar-refractivity contribution is 7.88. The molecule has 4 rings (SSSR count). The molecule has 0 bridgehead atoms. The Morgan fingerprint density at radius 3 is 2.19 bits per heavy atom. The van der Waals surface area contributed by atoms with Crippen LogP contribution in [0.3, 0.4) is 0 Å². The molecule has 0 unspecified atom stereocenters. The molecule has 4 aromatic rings. The molecule has 138 valence electrons. The zero-order chi connectivity index (χ0) is 19.2. The Morgan fingerprint density at radius 2 is 1.48 bits per heavy atom.